The summed E-state index contributed by atoms with van der Waals surface area (Å²) in [6.07, 6.45) is 7.02. The zero-order valence-electron chi connectivity index (χ0n) is 14.0. The maximum atomic E-state index is 12.5. The molecule has 0 bridgehead atoms. The number of hydrogen-bond donors (Lipinski definition) is 0. The second-order valence-corrected chi connectivity index (χ2v) is 9.55. The number of nitrogens with zero attached hydrogens (tertiary/aromatic N) is 2. The van der Waals surface area contributed by atoms with Gasteiger partial charge in [0.15, 0.2) is 0 Å². The van der Waals surface area contributed by atoms with E-state index in [2.05, 4.69) is 0 Å². The number of carbonyl (C=O) groups is 1. The maximum absolute atomic E-state index is 12.5. The Hall–Kier alpha value is -0.660. The zero-order valence-corrected chi connectivity index (χ0v) is 14.8. The summed E-state index contributed by atoms with van der Waals surface area (Å²) in [5.74, 6) is 0.206. The Morgan fingerprint density at radius 3 is 2.70 bits per heavy atom. The SMILES string of the molecule is CN(CCN1CCCC1=O)S(=O)(=O)CC1CC2(CCCC2)CO1. The lowest BCUT2D eigenvalue weighted by atomic mass is 9.84. The van der Waals surface area contributed by atoms with Crippen LogP contribution in [0.15, 0.2) is 0 Å². The fourth-order valence-corrected chi connectivity index (χ4v) is 5.48. The number of hydrogen-bond acceptors (Lipinski definition) is 4. The minimum absolute atomic E-state index is 0.0686. The number of amides is 1. The Bertz CT molecular complexity index is 542. The molecule has 6 nitrogen and oxygen atoms in total. The standard InChI is InChI=1S/C16H28N2O4S/c1-17(9-10-18-8-4-5-15(18)19)23(20,21)12-14-11-16(13-22-14)6-2-3-7-16/h14H,2-13H2,1H3. The van der Waals surface area contributed by atoms with Gasteiger partial charge in [-0.2, -0.15) is 0 Å². The maximum Gasteiger partial charge on any atom is 0.222 e. The van der Waals surface area contributed by atoms with Gasteiger partial charge in [0.05, 0.1) is 18.5 Å². The van der Waals surface area contributed by atoms with Gasteiger partial charge in [-0.3, -0.25) is 4.79 Å². The highest BCUT2D eigenvalue weighted by Gasteiger charge is 2.43. The molecule has 2 heterocycles. The number of carbonyl (C=O) groups excluding carboxylic acids is 1. The highest BCUT2D eigenvalue weighted by molar-refractivity contribution is 7.89. The van der Waals surface area contributed by atoms with Gasteiger partial charge in [0.25, 0.3) is 0 Å². The second-order valence-electron chi connectivity index (χ2n) is 7.43. The normalized spacial score (nSPS) is 27.7. The van der Waals surface area contributed by atoms with Gasteiger partial charge < -0.3 is 9.64 Å². The van der Waals surface area contributed by atoms with Gasteiger partial charge in [-0.05, 0) is 31.1 Å². The van der Waals surface area contributed by atoms with Crippen molar-refractivity contribution in [2.24, 2.45) is 5.41 Å². The number of likely N-dealkylation sites (N-methyl/N-ethyl adjacent to an activating group) is 1. The molecular formula is C16H28N2O4S. The van der Waals surface area contributed by atoms with E-state index in [1.165, 1.54) is 30.0 Å². The van der Waals surface area contributed by atoms with Crippen LogP contribution >= 0.6 is 0 Å². The summed E-state index contributed by atoms with van der Waals surface area (Å²) in [4.78, 5) is 13.4. The van der Waals surface area contributed by atoms with Gasteiger partial charge in [-0.15, -0.1) is 0 Å². The predicted molar refractivity (Wildman–Crippen MR) is 87.5 cm³/mol. The van der Waals surface area contributed by atoms with Gasteiger partial charge in [0.1, 0.15) is 0 Å². The van der Waals surface area contributed by atoms with Crippen molar-refractivity contribution < 1.29 is 17.9 Å². The van der Waals surface area contributed by atoms with E-state index in [0.717, 1.165) is 26.0 Å². The Labute approximate surface area is 139 Å². The molecule has 0 radical (unpaired) electrons. The monoisotopic (exact) mass is 344 g/mol. The topological polar surface area (TPSA) is 66.9 Å². The van der Waals surface area contributed by atoms with Crippen LogP contribution in [0, 0.1) is 5.41 Å². The van der Waals surface area contributed by atoms with Crippen molar-refractivity contribution in [2.75, 3.05) is 39.0 Å². The zero-order chi connectivity index (χ0) is 16.5. The van der Waals surface area contributed by atoms with Crippen molar-refractivity contribution in [1.82, 2.24) is 9.21 Å². The first kappa shape index (κ1) is 17.2. The molecule has 1 saturated carbocycles. The smallest absolute Gasteiger partial charge is 0.222 e. The van der Waals surface area contributed by atoms with E-state index in [1.54, 1.807) is 11.9 Å². The molecule has 2 aliphatic heterocycles. The summed E-state index contributed by atoms with van der Waals surface area (Å²) in [6.45, 7) is 2.33. The molecule has 132 valence electrons. The molecule has 0 aromatic rings. The Morgan fingerprint density at radius 1 is 1.30 bits per heavy atom. The van der Waals surface area contributed by atoms with Crippen molar-refractivity contribution in [3.05, 3.63) is 0 Å². The summed E-state index contributed by atoms with van der Waals surface area (Å²) < 4.78 is 32.2. The second kappa shape index (κ2) is 6.69. The van der Waals surface area contributed by atoms with Gasteiger partial charge in [0, 0.05) is 33.1 Å². The molecule has 7 heteroatoms. The molecule has 0 N–H and O–H groups in total. The van der Waals surface area contributed by atoms with Crippen molar-refractivity contribution >= 4 is 15.9 Å². The quantitative estimate of drug-likeness (QED) is 0.727. The van der Waals surface area contributed by atoms with E-state index < -0.39 is 10.0 Å². The van der Waals surface area contributed by atoms with E-state index in [9.17, 15) is 13.2 Å². The van der Waals surface area contributed by atoms with Crippen LogP contribution < -0.4 is 0 Å². The number of ether oxygens (including phenoxy) is 1. The van der Waals surface area contributed by atoms with Crippen molar-refractivity contribution in [1.29, 1.82) is 0 Å². The first-order valence-corrected chi connectivity index (χ1v) is 10.3. The molecule has 23 heavy (non-hydrogen) atoms. The molecular weight excluding hydrogens is 316 g/mol. The van der Waals surface area contributed by atoms with Crippen LogP contribution in [0.2, 0.25) is 0 Å². The van der Waals surface area contributed by atoms with Crippen LogP contribution in [0.5, 0.6) is 0 Å². The third-order valence-corrected chi connectivity index (χ3v) is 7.60. The van der Waals surface area contributed by atoms with E-state index in [1.807, 2.05) is 0 Å². The predicted octanol–water partition coefficient (Wildman–Crippen LogP) is 1.22. The van der Waals surface area contributed by atoms with Crippen LogP contribution in [0.1, 0.15) is 44.9 Å². The van der Waals surface area contributed by atoms with Gasteiger partial charge in [0.2, 0.25) is 15.9 Å². The first-order chi connectivity index (χ1) is 10.9. The first-order valence-electron chi connectivity index (χ1n) is 8.74. The molecule has 1 unspecified atom stereocenters. The minimum atomic E-state index is -3.33. The van der Waals surface area contributed by atoms with E-state index in [4.69, 9.17) is 4.74 Å². The Kier molecular flexibility index (Phi) is 4.99. The van der Waals surface area contributed by atoms with Crippen LogP contribution in [0.25, 0.3) is 0 Å². The van der Waals surface area contributed by atoms with Gasteiger partial charge in [-0.25, -0.2) is 12.7 Å². The van der Waals surface area contributed by atoms with Crippen molar-refractivity contribution in [3.8, 4) is 0 Å². The molecule has 1 atom stereocenters. The summed E-state index contributed by atoms with van der Waals surface area (Å²) in [5, 5.41) is 0. The fourth-order valence-electron chi connectivity index (χ4n) is 4.18. The van der Waals surface area contributed by atoms with E-state index in [-0.39, 0.29) is 23.2 Å². The van der Waals surface area contributed by atoms with Gasteiger partial charge >= 0.3 is 0 Å². The summed E-state index contributed by atoms with van der Waals surface area (Å²) in [5.41, 5.74) is 0.251. The van der Waals surface area contributed by atoms with Gasteiger partial charge in [-0.1, -0.05) is 12.8 Å². The summed E-state index contributed by atoms with van der Waals surface area (Å²) in [6, 6.07) is 0. The van der Waals surface area contributed by atoms with Crippen LogP contribution in [-0.4, -0.2) is 68.7 Å². The van der Waals surface area contributed by atoms with Crippen LogP contribution in [0.3, 0.4) is 0 Å². The lowest BCUT2D eigenvalue weighted by Gasteiger charge is -2.23. The lowest BCUT2D eigenvalue weighted by Crippen LogP contribution is -2.39. The Morgan fingerprint density at radius 2 is 2.04 bits per heavy atom. The van der Waals surface area contributed by atoms with Crippen molar-refractivity contribution in [3.63, 3.8) is 0 Å². The molecule has 3 aliphatic rings. The molecule has 1 spiro atoms. The van der Waals surface area contributed by atoms with E-state index in [0.29, 0.717) is 19.5 Å². The third kappa shape index (κ3) is 3.88. The van der Waals surface area contributed by atoms with Crippen LogP contribution in [0.4, 0.5) is 0 Å². The Balaban J connectivity index is 1.49. The molecule has 1 aliphatic carbocycles. The number of rotatable bonds is 6. The number of likely N-dealkylation sites (tertiary alicyclic amines) is 1. The largest absolute Gasteiger partial charge is 0.377 e. The average Bonchev–Trinajstić information content (AvgIpc) is 3.21. The molecule has 0 aromatic heterocycles. The van der Waals surface area contributed by atoms with Crippen LogP contribution in [-0.2, 0) is 19.6 Å². The van der Waals surface area contributed by atoms with E-state index >= 15 is 0 Å². The minimum Gasteiger partial charge on any atom is -0.377 e. The highest BCUT2D eigenvalue weighted by Crippen LogP contribution is 2.46. The third-order valence-electron chi connectivity index (χ3n) is 5.68. The molecule has 3 fully saturated rings. The molecule has 3 rings (SSSR count). The lowest BCUT2D eigenvalue weighted by molar-refractivity contribution is -0.127. The summed E-state index contributed by atoms with van der Waals surface area (Å²) in [7, 11) is -1.72. The average molecular weight is 344 g/mol. The number of sulfonamides is 1. The van der Waals surface area contributed by atoms with Crippen molar-refractivity contribution in [2.45, 2.75) is 51.0 Å². The summed E-state index contributed by atoms with van der Waals surface area (Å²) >= 11 is 0. The highest BCUT2D eigenvalue weighted by atomic mass is 32.2. The molecule has 0 aromatic carbocycles. The fraction of sp³-hybridized carbons (Fsp3) is 0.938. The molecule has 1 amide bonds. The molecule has 2 saturated heterocycles.